The molecular weight excluding hydrogens is 248 g/mol. The number of amides is 1. The van der Waals surface area contributed by atoms with Gasteiger partial charge in [0.1, 0.15) is 0 Å². The maximum atomic E-state index is 11.8. The molecular formula is C17H26N2O. The standard InChI is InChI=1S/C17H26N2O/c1-17(2,3)13-8-10-14(11-9-13)18-12-16(20)19-15-6-4-5-7-15/h8-11,15,18H,4-7,12H2,1-3H3,(H,19,20). The zero-order valence-corrected chi connectivity index (χ0v) is 12.8. The maximum absolute atomic E-state index is 11.8. The summed E-state index contributed by atoms with van der Waals surface area (Å²) in [6.45, 7) is 6.95. The van der Waals surface area contributed by atoms with Crippen molar-refractivity contribution in [2.75, 3.05) is 11.9 Å². The Morgan fingerprint density at radius 2 is 1.75 bits per heavy atom. The summed E-state index contributed by atoms with van der Waals surface area (Å²) in [7, 11) is 0. The molecule has 20 heavy (non-hydrogen) atoms. The van der Waals surface area contributed by atoms with E-state index < -0.39 is 0 Å². The summed E-state index contributed by atoms with van der Waals surface area (Å²) in [6.07, 6.45) is 4.75. The monoisotopic (exact) mass is 274 g/mol. The Morgan fingerprint density at radius 1 is 1.15 bits per heavy atom. The van der Waals surface area contributed by atoms with Gasteiger partial charge < -0.3 is 10.6 Å². The van der Waals surface area contributed by atoms with Gasteiger partial charge in [0.05, 0.1) is 6.54 Å². The molecule has 0 heterocycles. The molecule has 1 aromatic rings. The van der Waals surface area contributed by atoms with Gasteiger partial charge in [0.25, 0.3) is 0 Å². The van der Waals surface area contributed by atoms with Crippen LogP contribution in [0.25, 0.3) is 0 Å². The third-order valence-electron chi connectivity index (χ3n) is 3.92. The zero-order valence-electron chi connectivity index (χ0n) is 12.8. The maximum Gasteiger partial charge on any atom is 0.239 e. The van der Waals surface area contributed by atoms with Gasteiger partial charge >= 0.3 is 0 Å². The minimum Gasteiger partial charge on any atom is -0.376 e. The van der Waals surface area contributed by atoms with Gasteiger partial charge in [0.2, 0.25) is 5.91 Å². The summed E-state index contributed by atoms with van der Waals surface area (Å²) in [5, 5.41) is 6.27. The Balaban J connectivity index is 1.80. The lowest BCUT2D eigenvalue weighted by molar-refractivity contribution is -0.120. The van der Waals surface area contributed by atoms with Crippen molar-refractivity contribution in [2.24, 2.45) is 0 Å². The highest BCUT2D eigenvalue weighted by Crippen LogP contribution is 2.23. The van der Waals surface area contributed by atoms with Crippen molar-refractivity contribution in [3.8, 4) is 0 Å². The van der Waals surface area contributed by atoms with E-state index in [0.29, 0.717) is 12.6 Å². The number of rotatable bonds is 4. The number of nitrogens with one attached hydrogen (secondary N) is 2. The van der Waals surface area contributed by atoms with Crippen LogP contribution in [0.3, 0.4) is 0 Å². The van der Waals surface area contributed by atoms with Crippen LogP contribution in [0.15, 0.2) is 24.3 Å². The highest BCUT2D eigenvalue weighted by molar-refractivity contribution is 5.81. The van der Waals surface area contributed by atoms with Crippen LogP contribution in [0.1, 0.15) is 52.0 Å². The van der Waals surface area contributed by atoms with Gasteiger partial charge in [-0.3, -0.25) is 4.79 Å². The second-order valence-corrected chi connectivity index (χ2v) is 6.73. The number of anilines is 1. The van der Waals surface area contributed by atoms with Crippen LogP contribution in [0.4, 0.5) is 5.69 Å². The third-order valence-corrected chi connectivity index (χ3v) is 3.92. The molecule has 0 aliphatic heterocycles. The summed E-state index contributed by atoms with van der Waals surface area (Å²) in [6, 6.07) is 8.73. The van der Waals surface area contributed by atoms with Crippen molar-refractivity contribution < 1.29 is 4.79 Å². The lowest BCUT2D eigenvalue weighted by atomic mass is 9.87. The van der Waals surface area contributed by atoms with Crippen molar-refractivity contribution in [1.29, 1.82) is 0 Å². The minimum absolute atomic E-state index is 0.0943. The molecule has 110 valence electrons. The molecule has 1 aliphatic carbocycles. The topological polar surface area (TPSA) is 41.1 Å². The van der Waals surface area contributed by atoms with Crippen LogP contribution in [0.5, 0.6) is 0 Å². The quantitative estimate of drug-likeness (QED) is 0.883. The van der Waals surface area contributed by atoms with E-state index in [0.717, 1.165) is 18.5 Å². The molecule has 0 saturated heterocycles. The summed E-state index contributed by atoms with van der Waals surface area (Å²) in [5.74, 6) is 0.0943. The first-order valence-corrected chi connectivity index (χ1v) is 7.59. The van der Waals surface area contributed by atoms with E-state index in [-0.39, 0.29) is 11.3 Å². The van der Waals surface area contributed by atoms with Crippen molar-refractivity contribution in [1.82, 2.24) is 5.32 Å². The average Bonchev–Trinajstić information content (AvgIpc) is 2.88. The molecule has 1 saturated carbocycles. The van der Waals surface area contributed by atoms with Crippen molar-refractivity contribution >= 4 is 11.6 Å². The van der Waals surface area contributed by atoms with Crippen LogP contribution in [0.2, 0.25) is 0 Å². The molecule has 0 aromatic heterocycles. The van der Waals surface area contributed by atoms with Crippen LogP contribution in [-0.4, -0.2) is 18.5 Å². The van der Waals surface area contributed by atoms with E-state index in [4.69, 9.17) is 0 Å². The number of hydrogen-bond acceptors (Lipinski definition) is 2. The van der Waals surface area contributed by atoms with Crippen molar-refractivity contribution in [3.63, 3.8) is 0 Å². The smallest absolute Gasteiger partial charge is 0.239 e. The minimum atomic E-state index is 0.0943. The average molecular weight is 274 g/mol. The first-order valence-electron chi connectivity index (χ1n) is 7.59. The molecule has 2 rings (SSSR count). The number of hydrogen-bond donors (Lipinski definition) is 2. The zero-order chi connectivity index (χ0) is 14.6. The SMILES string of the molecule is CC(C)(C)c1ccc(NCC(=O)NC2CCCC2)cc1. The molecule has 3 heteroatoms. The van der Waals surface area contributed by atoms with Gasteiger partial charge in [-0.1, -0.05) is 45.7 Å². The first kappa shape index (κ1) is 14.9. The molecule has 1 amide bonds. The molecule has 1 fully saturated rings. The molecule has 0 atom stereocenters. The predicted molar refractivity (Wildman–Crippen MR) is 84.0 cm³/mol. The van der Waals surface area contributed by atoms with Crippen LogP contribution in [0, 0.1) is 0 Å². The summed E-state index contributed by atoms with van der Waals surface area (Å²) in [4.78, 5) is 11.8. The molecule has 3 nitrogen and oxygen atoms in total. The van der Waals surface area contributed by atoms with E-state index in [9.17, 15) is 4.79 Å². The molecule has 0 radical (unpaired) electrons. The second-order valence-electron chi connectivity index (χ2n) is 6.73. The van der Waals surface area contributed by atoms with Crippen molar-refractivity contribution in [2.45, 2.75) is 57.9 Å². The highest BCUT2D eigenvalue weighted by Gasteiger charge is 2.17. The molecule has 1 aromatic carbocycles. The summed E-state index contributed by atoms with van der Waals surface area (Å²) >= 11 is 0. The third kappa shape index (κ3) is 4.26. The lowest BCUT2D eigenvalue weighted by Gasteiger charge is -2.19. The largest absolute Gasteiger partial charge is 0.376 e. The van der Waals surface area contributed by atoms with Gasteiger partial charge in [0.15, 0.2) is 0 Å². The van der Waals surface area contributed by atoms with Crippen LogP contribution < -0.4 is 10.6 Å². The first-order chi connectivity index (χ1) is 9.45. The number of carbonyl (C=O) groups is 1. The molecule has 0 spiro atoms. The Kier molecular flexibility index (Phi) is 4.69. The van der Waals surface area contributed by atoms with E-state index in [1.807, 2.05) is 12.1 Å². The highest BCUT2D eigenvalue weighted by atomic mass is 16.1. The Bertz CT molecular complexity index is 439. The van der Waals surface area contributed by atoms with E-state index >= 15 is 0 Å². The van der Waals surface area contributed by atoms with E-state index in [1.165, 1.54) is 18.4 Å². The molecule has 2 N–H and O–H groups in total. The summed E-state index contributed by atoms with van der Waals surface area (Å²) < 4.78 is 0. The fourth-order valence-corrected chi connectivity index (χ4v) is 2.62. The Hall–Kier alpha value is -1.51. The predicted octanol–water partition coefficient (Wildman–Crippen LogP) is 3.45. The number of carbonyl (C=O) groups excluding carboxylic acids is 1. The number of benzene rings is 1. The van der Waals surface area contributed by atoms with Gasteiger partial charge in [-0.05, 0) is 36.0 Å². The fourth-order valence-electron chi connectivity index (χ4n) is 2.62. The van der Waals surface area contributed by atoms with Gasteiger partial charge in [0, 0.05) is 11.7 Å². The lowest BCUT2D eigenvalue weighted by Crippen LogP contribution is -2.36. The normalized spacial score (nSPS) is 16.1. The van der Waals surface area contributed by atoms with Crippen LogP contribution >= 0.6 is 0 Å². The van der Waals surface area contributed by atoms with E-state index in [1.54, 1.807) is 0 Å². The second kappa shape index (κ2) is 6.29. The molecule has 1 aliphatic rings. The van der Waals surface area contributed by atoms with E-state index in [2.05, 4.69) is 43.5 Å². The molecule has 0 unspecified atom stereocenters. The fraction of sp³-hybridized carbons (Fsp3) is 0.588. The Labute approximate surface area is 122 Å². The van der Waals surface area contributed by atoms with Gasteiger partial charge in [-0.2, -0.15) is 0 Å². The van der Waals surface area contributed by atoms with Gasteiger partial charge in [-0.25, -0.2) is 0 Å². The van der Waals surface area contributed by atoms with Crippen molar-refractivity contribution in [3.05, 3.63) is 29.8 Å². The van der Waals surface area contributed by atoms with Crippen LogP contribution in [-0.2, 0) is 10.2 Å². The summed E-state index contributed by atoms with van der Waals surface area (Å²) in [5.41, 5.74) is 2.47. The van der Waals surface area contributed by atoms with Gasteiger partial charge in [-0.15, -0.1) is 0 Å². The Morgan fingerprint density at radius 3 is 2.30 bits per heavy atom. The molecule has 0 bridgehead atoms.